The number of benzene rings is 1. The number of rotatable bonds is 7. The molecule has 24 heavy (non-hydrogen) atoms. The smallest absolute Gasteiger partial charge is 0.220 e. The number of ether oxygens (including phenoxy) is 2. The minimum atomic E-state index is -0.206. The zero-order chi connectivity index (χ0) is 17.0. The van der Waals surface area contributed by atoms with Crippen LogP contribution in [0, 0.1) is 17.2 Å². The predicted octanol–water partition coefficient (Wildman–Crippen LogP) is 1.43. The molecule has 0 bridgehead atoms. The van der Waals surface area contributed by atoms with Gasteiger partial charge in [0.05, 0.1) is 19.8 Å². The van der Waals surface area contributed by atoms with Gasteiger partial charge in [-0.3, -0.25) is 9.69 Å². The molecule has 6 heteroatoms. The van der Waals surface area contributed by atoms with Crippen molar-refractivity contribution >= 4 is 5.91 Å². The first kappa shape index (κ1) is 17.3. The maximum atomic E-state index is 13.4. The van der Waals surface area contributed by atoms with Gasteiger partial charge in [-0.05, 0) is 17.7 Å². The number of amides is 1. The number of carbonyl (C=O) groups excluding carboxylic acids is 1. The van der Waals surface area contributed by atoms with Crippen LogP contribution >= 0.6 is 0 Å². The molecule has 5 nitrogen and oxygen atoms in total. The van der Waals surface area contributed by atoms with Crippen molar-refractivity contribution in [2.75, 3.05) is 46.6 Å². The number of nitrogens with zero attached hydrogens (tertiary/aromatic N) is 1. The number of hydrogen-bond donors (Lipinski definition) is 1. The van der Waals surface area contributed by atoms with E-state index in [1.807, 2.05) is 6.07 Å². The van der Waals surface area contributed by atoms with Gasteiger partial charge in [-0.15, -0.1) is 0 Å². The first-order valence-corrected chi connectivity index (χ1v) is 8.41. The van der Waals surface area contributed by atoms with Crippen LogP contribution in [0.1, 0.15) is 12.0 Å². The van der Waals surface area contributed by atoms with Crippen LogP contribution in [0.2, 0.25) is 0 Å². The van der Waals surface area contributed by atoms with Crippen molar-refractivity contribution in [3.63, 3.8) is 0 Å². The fourth-order valence-corrected chi connectivity index (χ4v) is 3.88. The van der Waals surface area contributed by atoms with E-state index in [9.17, 15) is 9.18 Å². The molecule has 2 heterocycles. The van der Waals surface area contributed by atoms with Crippen LogP contribution in [0.4, 0.5) is 4.39 Å². The highest BCUT2D eigenvalue weighted by Crippen LogP contribution is 2.44. The van der Waals surface area contributed by atoms with Gasteiger partial charge in [-0.2, -0.15) is 0 Å². The second-order valence-corrected chi connectivity index (χ2v) is 6.89. The third-order valence-electron chi connectivity index (χ3n) is 5.03. The quantitative estimate of drug-likeness (QED) is 0.766. The SMILES string of the molecule is COCCNC(=O)C[C@@]12COC[C@@H]1CN(Cc1cccc(F)c1)C2. The zero-order valence-electron chi connectivity index (χ0n) is 14.1. The molecule has 1 amide bonds. The minimum absolute atomic E-state index is 0.0511. The van der Waals surface area contributed by atoms with Gasteiger partial charge in [0, 0.05) is 51.0 Å². The molecule has 0 unspecified atom stereocenters. The Morgan fingerprint density at radius 1 is 1.54 bits per heavy atom. The van der Waals surface area contributed by atoms with E-state index in [-0.39, 0.29) is 17.1 Å². The third kappa shape index (κ3) is 3.94. The summed E-state index contributed by atoms with van der Waals surface area (Å²) >= 11 is 0. The molecule has 132 valence electrons. The fraction of sp³-hybridized carbons (Fsp3) is 0.611. The Labute approximate surface area is 142 Å². The van der Waals surface area contributed by atoms with E-state index < -0.39 is 0 Å². The largest absolute Gasteiger partial charge is 0.383 e. The molecule has 3 rings (SSSR count). The highest BCUT2D eigenvalue weighted by Gasteiger charge is 2.51. The first-order chi connectivity index (χ1) is 11.6. The van der Waals surface area contributed by atoms with Crippen LogP contribution in [0.3, 0.4) is 0 Å². The van der Waals surface area contributed by atoms with E-state index in [1.54, 1.807) is 19.2 Å². The predicted molar refractivity (Wildman–Crippen MR) is 87.9 cm³/mol. The first-order valence-electron chi connectivity index (χ1n) is 8.41. The van der Waals surface area contributed by atoms with Crippen LogP contribution in [-0.2, 0) is 20.8 Å². The summed E-state index contributed by atoms with van der Waals surface area (Å²) < 4.78 is 24.0. The topological polar surface area (TPSA) is 50.8 Å². The molecular formula is C18H25FN2O3. The Kier molecular flexibility index (Phi) is 5.48. The number of likely N-dealkylation sites (tertiary alicyclic amines) is 1. The molecule has 0 radical (unpaired) electrons. The number of nitrogens with one attached hydrogen (secondary N) is 1. The lowest BCUT2D eigenvalue weighted by atomic mass is 9.78. The highest BCUT2D eigenvalue weighted by atomic mass is 19.1. The Hall–Kier alpha value is -1.50. The summed E-state index contributed by atoms with van der Waals surface area (Å²) in [6.07, 6.45) is 0.473. The van der Waals surface area contributed by atoms with Crippen molar-refractivity contribution in [3.8, 4) is 0 Å². The van der Waals surface area contributed by atoms with Crippen LogP contribution in [0.25, 0.3) is 0 Å². The number of methoxy groups -OCH3 is 1. The third-order valence-corrected chi connectivity index (χ3v) is 5.03. The zero-order valence-corrected chi connectivity index (χ0v) is 14.1. The summed E-state index contributed by atoms with van der Waals surface area (Å²) in [5.74, 6) is 0.205. The number of carbonyl (C=O) groups is 1. The summed E-state index contributed by atoms with van der Waals surface area (Å²) in [6, 6.07) is 6.72. The van der Waals surface area contributed by atoms with E-state index in [0.29, 0.717) is 45.2 Å². The molecule has 2 aliphatic rings. The second kappa shape index (κ2) is 7.59. The normalized spacial score (nSPS) is 26.5. The van der Waals surface area contributed by atoms with E-state index in [2.05, 4.69) is 10.2 Å². The van der Waals surface area contributed by atoms with E-state index in [4.69, 9.17) is 9.47 Å². The van der Waals surface area contributed by atoms with Crippen molar-refractivity contribution in [1.29, 1.82) is 0 Å². The van der Waals surface area contributed by atoms with Crippen LogP contribution in [-0.4, -0.2) is 57.4 Å². The lowest BCUT2D eigenvalue weighted by Crippen LogP contribution is -2.38. The molecule has 2 aliphatic heterocycles. The van der Waals surface area contributed by atoms with Crippen molar-refractivity contribution in [3.05, 3.63) is 35.6 Å². The molecule has 2 atom stereocenters. The van der Waals surface area contributed by atoms with Crippen molar-refractivity contribution in [1.82, 2.24) is 10.2 Å². The number of halogens is 1. The van der Waals surface area contributed by atoms with E-state index in [1.165, 1.54) is 6.07 Å². The van der Waals surface area contributed by atoms with Gasteiger partial charge in [0.15, 0.2) is 0 Å². The average Bonchev–Trinajstić information content (AvgIpc) is 3.03. The van der Waals surface area contributed by atoms with Gasteiger partial charge in [-0.1, -0.05) is 12.1 Å². The summed E-state index contributed by atoms with van der Waals surface area (Å²) in [5, 5.41) is 2.90. The summed E-state index contributed by atoms with van der Waals surface area (Å²) in [4.78, 5) is 14.5. The molecule has 1 aromatic rings. The summed E-state index contributed by atoms with van der Waals surface area (Å²) in [7, 11) is 1.62. The van der Waals surface area contributed by atoms with Gasteiger partial charge >= 0.3 is 0 Å². The minimum Gasteiger partial charge on any atom is -0.383 e. The van der Waals surface area contributed by atoms with Gasteiger partial charge in [-0.25, -0.2) is 4.39 Å². The van der Waals surface area contributed by atoms with Gasteiger partial charge in [0.2, 0.25) is 5.91 Å². The van der Waals surface area contributed by atoms with E-state index in [0.717, 1.165) is 18.7 Å². The Balaban J connectivity index is 1.60. The molecule has 0 aliphatic carbocycles. The molecule has 0 spiro atoms. The Morgan fingerprint density at radius 3 is 3.21 bits per heavy atom. The molecule has 0 saturated carbocycles. The van der Waals surface area contributed by atoms with Gasteiger partial charge in [0.25, 0.3) is 0 Å². The monoisotopic (exact) mass is 336 g/mol. The number of fused-ring (bicyclic) bond motifs is 1. The second-order valence-electron chi connectivity index (χ2n) is 6.89. The van der Waals surface area contributed by atoms with Gasteiger partial charge < -0.3 is 14.8 Å². The molecule has 1 N–H and O–H groups in total. The standard InChI is InChI=1S/C18H25FN2O3/c1-23-6-5-20-17(22)8-18-12-21(10-15(18)11-24-13-18)9-14-3-2-4-16(19)7-14/h2-4,7,15H,5-6,8-13H2,1H3,(H,20,22)/t15-,18+/m0/s1. The Morgan fingerprint density at radius 2 is 2.42 bits per heavy atom. The van der Waals surface area contributed by atoms with Crippen molar-refractivity contribution < 1.29 is 18.7 Å². The summed E-state index contributed by atoms with van der Waals surface area (Å²) in [6.45, 7) is 4.78. The number of hydrogen-bond acceptors (Lipinski definition) is 4. The van der Waals surface area contributed by atoms with Crippen molar-refractivity contribution in [2.24, 2.45) is 11.3 Å². The van der Waals surface area contributed by atoms with Crippen molar-refractivity contribution in [2.45, 2.75) is 13.0 Å². The molecule has 2 saturated heterocycles. The molecule has 2 fully saturated rings. The van der Waals surface area contributed by atoms with Crippen LogP contribution in [0.5, 0.6) is 0 Å². The lowest BCUT2D eigenvalue weighted by molar-refractivity contribution is -0.123. The van der Waals surface area contributed by atoms with E-state index >= 15 is 0 Å². The van der Waals surface area contributed by atoms with Gasteiger partial charge in [0.1, 0.15) is 5.82 Å². The maximum absolute atomic E-state index is 13.4. The molecule has 1 aromatic carbocycles. The molecular weight excluding hydrogens is 311 g/mol. The maximum Gasteiger partial charge on any atom is 0.220 e. The van der Waals surface area contributed by atoms with Crippen LogP contribution < -0.4 is 5.32 Å². The highest BCUT2D eigenvalue weighted by molar-refractivity contribution is 5.76. The lowest BCUT2D eigenvalue weighted by Gasteiger charge is -2.26. The Bertz CT molecular complexity index is 583. The summed E-state index contributed by atoms with van der Waals surface area (Å²) in [5.41, 5.74) is 0.848. The average molecular weight is 336 g/mol. The fourth-order valence-electron chi connectivity index (χ4n) is 3.88. The van der Waals surface area contributed by atoms with Crippen LogP contribution in [0.15, 0.2) is 24.3 Å². The molecule has 0 aromatic heterocycles.